The predicted octanol–water partition coefficient (Wildman–Crippen LogP) is 1.98. The van der Waals surface area contributed by atoms with Gasteiger partial charge >= 0.3 is 0 Å². The van der Waals surface area contributed by atoms with E-state index in [1.54, 1.807) is 0 Å². The van der Waals surface area contributed by atoms with Crippen molar-refractivity contribution in [3.8, 4) is 11.5 Å². The SMILES string of the molecule is CCC(C)c1cc(-c2ncon2)nn1C. The minimum absolute atomic E-state index is 0.489. The van der Waals surface area contributed by atoms with Crippen LogP contribution in [0, 0.1) is 0 Å². The Kier molecular flexibility index (Phi) is 2.53. The first-order chi connectivity index (χ1) is 7.22. The molecule has 0 saturated heterocycles. The fourth-order valence-corrected chi connectivity index (χ4v) is 1.54. The summed E-state index contributed by atoms with van der Waals surface area (Å²) < 4.78 is 6.57. The van der Waals surface area contributed by atoms with Crippen molar-refractivity contribution in [2.45, 2.75) is 26.2 Å². The number of hydrogen-bond acceptors (Lipinski definition) is 4. The van der Waals surface area contributed by atoms with Gasteiger partial charge in [0.25, 0.3) is 0 Å². The number of aryl methyl sites for hydroxylation is 1. The first-order valence-electron chi connectivity index (χ1n) is 5.03. The molecule has 0 aliphatic carbocycles. The summed E-state index contributed by atoms with van der Waals surface area (Å²) in [6.45, 7) is 4.34. The number of hydrogen-bond donors (Lipinski definition) is 0. The number of aromatic nitrogens is 4. The Balaban J connectivity index is 2.37. The van der Waals surface area contributed by atoms with Crippen molar-refractivity contribution in [3.63, 3.8) is 0 Å². The van der Waals surface area contributed by atoms with Gasteiger partial charge in [0.05, 0.1) is 0 Å². The van der Waals surface area contributed by atoms with E-state index in [0.717, 1.165) is 12.1 Å². The Morgan fingerprint density at radius 1 is 1.53 bits per heavy atom. The van der Waals surface area contributed by atoms with Gasteiger partial charge in [-0.05, 0) is 18.4 Å². The van der Waals surface area contributed by atoms with Crippen molar-refractivity contribution >= 4 is 0 Å². The topological polar surface area (TPSA) is 56.7 Å². The van der Waals surface area contributed by atoms with Crippen LogP contribution in [0.3, 0.4) is 0 Å². The molecule has 0 aliphatic rings. The first kappa shape index (κ1) is 9.89. The second kappa shape index (κ2) is 3.84. The third-order valence-corrected chi connectivity index (χ3v) is 2.62. The van der Waals surface area contributed by atoms with Crippen molar-refractivity contribution in [1.29, 1.82) is 0 Å². The monoisotopic (exact) mass is 206 g/mol. The molecule has 0 aromatic carbocycles. The van der Waals surface area contributed by atoms with E-state index in [4.69, 9.17) is 4.52 Å². The summed E-state index contributed by atoms with van der Waals surface area (Å²) in [6.07, 6.45) is 2.40. The van der Waals surface area contributed by atoms with E-state index in [0.29, 0.717) is 11.7 Å². The molecule has 0 amide bonds. The molecule has 0 spiro atoms. The zero-order valence-electron chi connectivity index (χ0n) is 9.14. The third kappa shape index (κ3) is 1.77. The zero-order chi connectivity index (χ0) is 10.8. The largest absolute Gasteiger partial charge is 0.342 e. The fourth-order valence-electron chi connectivity index (χ4n) is 1.54. The second-order valence-corrected chi connectivity index (χ2v) is 3.64. The average molecular weight is 206 g/mol. The predicted molar refractivity (Wildman–Crippen MR) is 55.2 cm³/mol. The van der Waals surface area contributed by atoms with Crippen molar-refractivity contribution < 1.29 is 4.52 Å². The van der Waals surface area contributed by atoms with Crippen LogP contribution in [0.1, 0.15) is 31.9 Å². The fraction of sp³-hybridized carbons (Fsp3) is 0.500. The van der Waals surface area contributed by atoms with Crippen LogP contribution in [-0.4, -0.2) is 19.9 Å². The molecule has 2 aromatic rings. The van der Waals surface area contributed by atoms with E-state index in [1.165, 1.54) is 12.1 Å². The Labute approximate surface area is 88.1 Å². The molecule has 80 valence electrons. The quantitative estimate of drug-likeness (QED) is 0.770. The first-order valence-corrected chi connectivity index (χ1v) is 5.03. The highest BCUT2D eigenvalue weighted by molar-refractivity contribution is 5.48. The van der Waals surface area contributed by atoms with Gasteiger partial charge in [-0.15, -0.1) is 0 Å². The molecule has 5 nitrogen and oxygen atoms in total. The van der Waals surface area contributed by atoms with E-state index in [1.807, 2.05) is 17.8 Å². The summed E-state index contributed by atoms with van der Waals surface area (Å²) in [4.78, 5) is 3.97. The van der Waals surface area contributed by atoms with Gasteiger partial charge in [0, 0.05) is 12.7 Å². The van der Waals surface area contributed by atoms with Gasteiger partial charge in [0.1, 0.15) is 5.69 Å². The van der Waals surface area contributed by atoms with Gasteiger partial charge in [0.2, 0.25) is 12.2 Å². The van der Waals surface area contributed by atoms with Crippen molar-refractivity contribution in [1.82, 2.24) is 19.9 Å². The summed E-state index contributed by atoms with van der Waals surface area (Å²) in [5.41, 5.74) is 1.96. The van der Waals surface area contributed by atoms with Crippen LogP contribution in [0.4, 0.5) is 0 Å². The molecule has 1 atom stereocenters. The molecule has 5 heteroatoms. The highest BCUT2D eigenvalue weighted by Gasteiger charge is 2.14. The maximum atomic E-state index is 4.69. The van der Waals surface area contributed by atoms with E-state index in [-0.39, 0.29) is 0 Å². The second-order valence-electron chi connectivity index (χ2n) is 3.64. The van der Waals surface area contributed by atoms with Crippen LogP contribution in [0.2, 0.25) is 0 Å². The molecule has 0 aliphatic heterocycles. The maximum absolute atomic E-state index is 4.69. The highest BCUT2D eigenvalue weighted by Crippen LogP contribution is 2.22. The normalized spacial score (nSPS) is 13.0. The smallest absolute Gasteiger partial charge is 0.222 e. The summed E-state index contributed by atoms with van der Waals surface area (Å²) in [7, 11) is 1.94. The van der Waals surface area contributed by atoms with Crippen LogP contribution in [0.5, 0.6) is 0 Å². The minimum atomic E-state index is 0.489. The lowest BCUT2D eigenvalue weighted by Gasteiger charge is -2.07. The molecule has 0 saturated carbocycles. The van der Waals surface area contributed by atoms with Crippen molar-refractivity contribution in [3.05, 3.63) is 18.2 Å². The number of nitrogens with zero attached hydrogens (tertiary/aromatic N) is 4. The van der Waals surface area contributed by atoms with Gasteiger partial charge in [0.15, 0.2) is 0 Å². The molecular weight excluding hydrogens is 192 g/mol. The zero-order valence-corrected chi connectivity index (χ0v) is 9.14. The summed E-state index contributed by atoms with van der Waals surface area (Å²) in [5.74, 6) is 1.03. The van der Waals surface area contributed by atoms with E-state index < -0.39 is 0 Å². The van der Waals surface area contributed by atoms with Gasteiger partial charge in [-0.1, -0.05) is 19.0 Å². The Morgan fingerprint density at radius 2 is 2.33 bits per heavy atom. The molecule has 0 bridgehead atoms. The Hall–Kier alpha value is -1.65. The molecular formula is C10H14N4O. The Morgan fingerprint density at radius 3 is 2.93 bits per heavy atom. The molecule has 2 aromatic heterocycles. The Bertz CT molecular complexity index is 432. The third-order valence-electron chi connectivity index (χ3n) is 2.62. The van der Waals surface area contributed by atoms with Crippen molar-refractivity contribution in [2.75, 3.05) is 0 Å². The van der Waals surface area contributed by atoms with Crippen LogP contribution in [-0.2, 0) is 7.05 Å². The van der Waals surface area contributed by atoms with E-state index in [9.17, 15) is 0 Å². The lowest BCUT2D eigenvalue weighted by Crippen LogP contribution is -2.01. The van der Waals surface area contributed by atoms with Gasteiger partial charge in [-0.3, -0.25) is 4.68 Å². The van der Waals surface area contributed by atoms with Crippen molar-refractivity contribution in [2.24, 2.45) is 7.05 Å². The molecule has 1 unspecified atom stereocenters. The van der Waals surface area contributed by atoms with Crippen LogP contribution >= 0.6 is 0 Å². The summed E-state index contributed by atoms with van der Waals surface area (Å²) in [5, 5.41) is 8.12. The van der Waals surface area contributed by atoms with Gasteiger partial charge in [-0.25, -0.2) is 0 Å². The molecule has 0 N–H and O–H groups in total. The van der Waals surface area contributed by atoms with Gasteiger partial charge < -0.3 is 4.52 Å². The highest BCUT2D eigenvalue weighted by atomic mass is 16.5. The summed E-state index contributed by atoms with van der Waals surface area (Å²) >= 11 is 0. The molecule has 15 heavy (non-hydrogen) atoms. The standard InChI is InChI=1S/C10H14N4O/c1-4-7(2)9-5-8(12-14(9)3)10-11-6-15-13-10/h5-7H,4H2,1-3H3. The average Bonchev–Trinajstić information content (AvgIpc) is 2.84. The minimum Gasteiger partial charge on any atom is -0.342 e. The molecule has 0 radical (unpaired) electrons. The maximum Gasteiger partial charge on any atom is 0.222 e. The molecule has 2 heterocycles. The van der Waals surface area contributed by atoms with Gasteiger partial charge in [-0.2, -0.15) is 10.1 Å². The number of rotatable bonds is 3. The summed E-state index contributed by atoms with van der Waals surface area (Å²) in [6, 6.07) is 2.01. The van der Waals surface area contributed by atoms with Crippen LogP contribution in [0.25, 0.3) is 11.5 Å². The van der Waals surface area contributed by atoms with E-state index >= 15 is 0 Å². The molecule has 0 fully saturated rings. The van der Waals surface area contributed by atoms with Crippen LogP contribution in [0.15, 0.2) is 17.0 Å². The lowest BCUT2D eigenvalue weighted by molar-refractivity contribution is 0.418. The lowest BCUT2D eigenvalue weighted by atomic mass is 10.1. The van der Waals surface area contributed by atoms with Crippen LogP contribution < -0.4 is 0 Å². The molecule has 2 rings (SSSR count). The van der Waals surface area contributed by atoms with E-state index in [2.05, 4.69) is 29.1 Å².